The Morgan fingerprint density at radius 3 is 2.30 bits per heavy atom. The van der Waals surface area contributed by atoms with E-state index < -0.39 is 0 Å². The molecule has 0 spiro atoms. The van der Waals surface area contributed by atoms with Crippen LogP contribution in [0.4, 0.5) is 0 Å². The standard InChI is InChI=1S/C24H33NO2/c1-16(17-6-7-19-15-22(27-5)13-8-18(19)14-17)23(26)25-21-11-9-20(10-12-21)24(2,3)4/h6-8,13-16,20-21H,9-12H2,1-5H3,(H,25,26)/t16-,20?,21?/m0/s1. The molecule has 2 aromatic carbocycles. The number of rotatable bonds is 4. The lowest BCUT2D eigenvalue weighted by molar-refractivity contribution is -0.123. The fourth-order valence-corrected chi connectivity index (χ4v) is 4.22. The minimum Gasteiger partial charge on any atom is -0.497 e. The van der Waals surface area contributed by atoms with E-state index in [1.54, 1.807) is 7.11 Å². The zero-order valence-electron chi connectivity index (χ0n) is 17.3. The van der Waals surface area contributed by atoms with Gasteiger partial charge in [0.15, 0.2) is 0 Å². The van der Waals surface area contributed by atoms with Crippen molar-refractivity contribution in [3.63, 3.8) is 0 Å². The average molecular weight is 368 g/mol. The number of carbonyl (C=O) groups excluding carboxylic acids is 1. The Bertz CT molecular complexity index is 798. The molecule has 1 N–H and O–H groups in total. The van der Waals surface area contributed by atoms with Gasteiger partial charge in [0.1, 0.15) is 5.75 Å². The van der Waals surface area contributed by atoms with Crippen molar-refractivity contribution in [2.24, 2.45) is 11.3 Å². The summed E-state index contributed by atoms with van der Waals surface area (Å²) in [5, 5.41) is 5.56. The molecular formula is C24H33NO2. The summed E-state index contributed by atoms with van der Waals surface area (Å²) in [6.07, 6.45) is 4.61. The molecule has 3 rings (SSSR count). The van der Waals surface area contributed by atoms with Crippen molar-refractivity contribution in [3.05, 3.63) is 42.0 Å². The molecular weight excluding hydrogens is 334 g/mol. The third kappa shape index (κ3) is 4.63. The SMILES string of the molecule is COc1ccc2cc([C@H](C)C(=O)NC3CCC(C(C)(C)C)CC3)ccc2c1. The molecule has 27 heavy (non-hydrogen) atoms. The Kier molecular flexibility index (Phi) is 5.78. The molecule has 0 unspecified atom stereocenters. The summed E-state index contributed by atoms with van der Waals surface area (Å²) in [4.78, 5) is 12.8. The topological polar surface area (TPSA) is 38.3 Å². The average Bonchev–Trinajstić information content (AvgIpc) is 2.66. The molecule has 0 bridgehead atoms. The van der Waals surface area contributed by atoms with Gasteiger partial charge in [-0.1, -0.05) is 45.0 Å². The molecule has 0 radical (unpaired) electrons. The Morgan fingerprint density at radius 2 is 1.67 bits per heavy atom. The van der Waals surface area contributed by atoms with E-state index in [1.807, 2.05) is 19.1 Å². The quantitative estimate of drug-likeness (QED) is 0.756. The summed E-state index contributed by atoms with van der Waals surface area (Å²) in [5.74, 6) is 1.62. The van der Waals surface area contributed by atoms with Crippen LogP contribution in [-0.4, -0.2) is 19.1 Å². The van der Waals surface area contributed by atoms with Crippen LogP contribution in [0.1, 0.15) is 64.9 Å². The maximum absolute atomic E-state index is 12.8. The lowest BCUT2D eigenvalue weighted by Gasteiger charge is -2.37. The molecule has 2 aromatic rings. The zero-order valence-corrected chi connectivity index (χ0v) is 17.3. The maximum Gasteiger partial charge on any atom is 0.227 e. The molecule has 3 nitrogen and oxygen atoms in total. The fraction of sp³-hybridized carbons (Fsp3) is 0.542. The third-order valence-electron chi connectivity index (χ3n) is 6.26. The number of fused-ring (bicyclic) bond motifs is 1. The van der Waals surface area contributed by atoms with Crippen LogP contribution in [0.3, 0.4) is 0 Å². The van der Waals surface area contributed by atoms with E-state index in [4.69, 9.17) is 4.74 Å². The van der Waals surface area contributed by atoms with Crippen LogP contribution in [0, 0.1) is 11.3 Å². The van der Waals surface area contributed by atoms with E-state index in [0.29, 0.717) is 11.5 Å². The van der Waals surface area contributed by atoms with Gasteiger partial charge in [-0.3, -0.25) is 4.79 Å². The van der Waals surface area contributed by atoms with Gasteiger partial charge in [0.05, 0.1) is 13.0 Å². The molecule has 1 aliphatic rings. The van der Waals surface area contributed by atoms with E-state index in [2.05, 4.69) is 50.4 Å². The van der Waals surface area contributed by atoms with Crippen molar-refractivity contribution in [2.45, 2.75) is 65.3 Å². The van der Waals surface area contributed by atoms with Crippen molar-refractivity contribution in [1.29, 1.82) is 0 Å². The van der Waals surface area contributed by atoms with Crippen LogP contribution in [0.15, 0.2) is 36.4 Å². The highest BCUT2D eigenvalue weighted by molar-refractivity contribution is 5.88. The summed E-state index contributed by atoms with van der Waals surface area (Å²) < 4.78 is 5.29. The van der Waals surface area contributed by atoms with Gasteiger partial charge in [-0.05, 0) is 72.4 Å². The normalized spacial score (nSPS) is 21.7. The summed E-state index contributed by atoms with van der Waals surface area (Å²) in [6, 6.07) is 12.6. The van der Waals surface area contributed by atoms with E-state index in [9.17, 15) is 4.79 Å². The van der Waals surface area contributed by atoms with Crippen molar-refractivity contribution in [3.8, 4) is 5.75 Å². The van der Waals surface area contributed by atoms with Gasteiger partial charge in [0.2, 0.25) is 5.91 Å². The Hall–Kier alpha value is -2.03. The summed E-state index contributed by atoms with van der Waals surface area (Å²) in [6.45, 7) is 8.98. The summed E-state index contributed by atoms with van der Waals surface area (Å²) in [5.41, 5.74) is 1.43. The van der Waals surface area contributed by atoms with E-state index in [-0.39, 0.29) is 11.8 Å². The Labute approximate surface area is 163 Å². The molecule has 0 saturated heterocycles. The van der Waals surface area contributed by atoms with Crippen molar-refractivity contribution >= 4 is 16.7 Å². The van der Waals surface area contributed by atoms with Gasteiger partial charge in [-0.15, -0.1) is 0 Å². The highest BCUT2D eigenvalue weighted by Gasteiger charge is 2.30. The predicted octanol–water partition coefficient (Wildman–Crippen LogP) is 5.67. The second-order valence-electron chi connectivity index (χ2n) is 9.12. The second kappa shape index (κ2) is 7.92. The number of amides is 1. The van der Waals surface area contributed by atoms with Crippen LogP contribution >= 0.6 is 0 Å². The first-order chi connectivity index (χ1) is 12.8. The smallest absolute Gasteiger partial charge is 0.227 e. The Morgan fingerprint density at radius 1 is 1.04 bits per heavy atom. The first-order valence-corrected chi connectivity index (χ1v) is 10.2. The summed E-state index contributed by atoms with van der Waals surface area (Å²) in [7, 11) is 1.68. The zero-order chi connectivity index (χ0) is 19.6. The fourth-order valence-electron chi connectivity index (χ4n) is 4.22. The number of nitrogens with one attached hydrogen (secondary N) is 1. The van der Waals surface area contributed by atoms with E-state index in [1.165, 1.54) is 12.8 Å². The van der Waals surface area contributed by atoms with Crippen LogP contribution in [0.5, 0.6) is 5.75 Å². The van der Waals surface area contributed by atoms with Crippen molar-refractivity contribution in [1.82, 2.24) is 5.32 Å². The number of methoxy groups -OCH3 is 1. The first-order valence-electron chi connectivity index (χ1n) is 10.2. The van der Waals surface area contributed by atoms with Crippen LogP contribution < -0.4 is 10.1 Å². The molecule has 1 aliphatic carbocycles. The van der Waals surface area contributed by atoms with E-state index in [0.717, 1.165) is 40.8 Å². The number of benzene rings is 2. The van der Waals surface area contributed by atoms with Gasteiger partial charge in [-0.25, -0.2) is 0 Å². The molecule has 1 amide bonds. The first kappa shape index (κ1) is 19.7. The van der Waals surface area contributed by atoms with Crippen LogP contribution in [-0.2, 0) is 4.79 Å². The second-order valence-corrected chi connectivity index (χ2v) is 9.12. The van der Waals surface area contributed by atoms with Gasteiger partial charge in [0.25, 0.3) is 0 Å². The summed E-state index contributed by atoms with van der Waals surface area (Å²) >= 11 is 0. The van der Waals surface area contributed by atoms with Crippen molar-refractivity contribution < 1.29 is 9.53 Å². The highest BCUT2D eigenvalue weighted by Crippen LogP contribution is 2.38. The molecule has 0 heterocycles. The molecule has 1 atom stereocenters. The minimum absolute atomic E-state index is 0.141. The molecule has 0 aromatic heterocycles. The number of hydrogen-bond donors (Lipinski definition) is 1. The lowest BCUT2D eigenvalue weighted by Crippen LogP contribution is -2.41. The molecule has 146 valence electrons. The maximum atomic E-state index is 12.8. The van der Waals surface area contributed by atoms with Gasteiger partial charge >= 0.3 is 0 Å². The number of ether oxygens (including phenoxy) is 1. The molecule has 3 heteroatoms. The van der Waals surface area contributed by atoms with Crippen LogP contribution in [0.25, 0.3) is 10.8 Å². The molecule has 1 saturated carbocycles. The largest absolute Gasteiger partial charge is 0.497 e. The minimum atomic E-state index is -0.142. The van der Waals surface area contributed by atoms with E-state index >= 15 is 0 Å². The molecule has 1 fully saturated rings. The monoisotopic (exact) mass is 367 g/mol. The predicted molar refractivity (Wildman–Crippen MR) is 112 cm³/mol. The van der Waals surface area contributed by atoms with Crippen LogP contribution in [0.2, 0.25) is 0 Å². The third-order valence-corrected chi connectivity index (χ3v) is 6.26. The number of hydrogen-bond acceptors (Lipinski definition) is 2. The lowest BCUT2D eigenvalue weighted by atomic mass is 9.71. The van der Waals surface area contributed by atoms with Gasteiger partial charge in [0, 0.05) is 6.04 Å². The number of carbonyl (C=O) groups is 1. The van der Waals surface area contributed by atoms with Crippen molar-refractivity contribution in [2.75, 3.05) is 7.11 Å². The van der Waals surface area contributed by atoms with Gasteiger partial charge < -0.3 is 10.1 Å². The van der Waals surface area contributed by atoms with Gasteiger partial charge in [-0.2, -0.15) is 0 Å². The highest BCUT2D eigenvalue weighted by atomic mass is 16.5. The molecule has 0 aliphatic heterocycles. The Balaban J connectivity index is 1.63.